The zero-order valence-electron chi connectivity index (χ0n) is 13.8. The highest BCUT2D eigenvalue weighted by atomic mass is 14.4. The number of fused-ring (bicyclic) bond motifs is 5. The lowest BCUT2D eigenvalue weighted by Crippen LogP contribution is -2.17. The molecule has 0 aliphatic heterocycles. The zero-order valence-corrected chi connectivity index (χ0v) is 13.8. The summed E-state index contributed by atoms with van der Waals surface area (Å²) in [4.78, 5) is 0. The first-order valence-electron chi connectivity index (χ1n) is 8.18. The first-order chi connectivity index (χ1) is 10.5. The van der Waals surface area contributed by atoms with Crippen LogP contribution >= 0.6 is 0 Å². The Hall–Kier alpha value is -2.08. The smallest absolute Gasteiger partial charge is 0.0161 e. The van der Waals surface area contributed by atoms with Crippen molar-refractivity contribution >= 4 is 10.8 Å². The quantitative estimate of drug-likeness (QED) is 0.494. The summed E-state index contributed by atoms with van der Waals surface area (Å²) in [6, 6.07) is 20.2. The van der Waals surface area contributed by atoms with Crippen molar-refractivity contribution in [3.8, 4) is 11.1 Å². The molecular formula is C22H22. The van der Waals surface area contributed by atoms with Crippen LogP contribution in [-0.2, 0) is 5.41 Å². The van der Waals surface area contributed by atoms with Gasteiger partial charge in [0.1, 0.15) is 0 Å². The van der Waals surface area contributed by atoms with E-state index in [9.17, 15) is 0 Å². The molecule has 3 aromatic carbocycles. The molecule has 0 atom stereocenters. The molecule has 0 nitrogen and oxygen atoms in total. The largest absolute Gasteiger partial charge is 0.0619 e. The summed E-state index contributed by atoms with van der Waals surface area (Å²) in [5, 5.41) is 2.75. The molecule has 0 bridgehead atoms. The van der Waals surface area contributed by atoms with E-state index in [2.05, 4.69) is 82.3 Å². The summed E-state index contributed by atoms with van der Waals surface area (Å²) in [6.07, 6.45) is 0. The molecule has 1 aliphatic rings. The van der Waals surface area contributed by atoms with E-state index in [1.807, 2.05) is 0 Å². The molecule has 0 fully saturated rings. The van der Waals surface area contributed by atoms with E-state index in [-0.39, 0.29) is 5.41 Å². The van der Waals surface area contributed by atoms with Gasteiger partial charge in [-0.05, 0) is 44.5 Å². The van der Waals surface area contributed by atoms with Crippen LogP contribution in [0.3, 0.4) is 0 Å². The highest BCUT2D eigenvalue weighted by molar-refractivity contribution is 6.03. The molecule has 4 rings (SSSR count). The second-order valence-corrected chi connectivity index (χ2v) is 7.26. The maximum Gasteiger partial charge on any atom is 0.0161 e. The average molecular weight is 286 g/mol. The minimum atomic E-state index is 0.0789. The van der Waals surface area contributed by atoms with Crippen LogP contribution in [0.25, 0.3) is 21.9 Å². The molecule has 0 unspecified atom stereocenters. The number of hydrogen-bond donors (Lipinski definition) is 0. The SMILES string of the molecule is CC(C)c1cc2ccccc2c2c1C(C)(C)c1ccccc1-2. The van der Waals surface area contributed by atoms with E-state index >= 15 is 0 Å². The van der Waals surface area contributed by atoms with Crippen LogP contribution in [0.15, 0.2) is 54.6 Å². The highest BCUT2D eigenvalue weighted by Crippen LogP contribution is 2.53. The minimum absolute atomic E-state index is 0.0789. The van der Waals surface area contributed by atoms with Crippen molar-refractivity contribution in [1.29, 1.82) is 0 Å². The van der Waals surface area contributed by atoms with Crippen molar-refractivity contribution in [2.75, 3.05) is 0 Å². The van der Waals surface area contributed by atoms with Crippen LogP contribution in [0, 0.1) is 0 Å². The standard InChI is InChI=1S/C22H22/c1-14(2)18-13-15-9-5-6-10-16(15)20-17-11-7-8-12-19(17)22(3,4)21(18)20/h5-14H,1-4H3. The minimum Gasteiger partial charge on any atom is -0.0619 e. The number of benzene rings is 3. The first-order valence-corrected chi connectivity index (χ1v) is 8.18. The van der Waals surface area contributed by atoms with Gasteiger partial charge in [0, 0.05) is 5.41 Å². The maximum absolute atomic E-state index is 2.41. The Balaban J connectivity index is 2.24. The third-order valence-corrected chi connectivity index (χ3v) is 5.20. The first kappa shape index (κ1) is 13.6. The summed E-state index contributed by atoms with van der Waals surface area (Å²) in [5.41, 5.74) is 7.44. The molecule has 0 spiro atoms. The molecule has 0 N–H and O–H groups in total. The maximum atomic E-state index is 2.41. The van der Waals surface area contributed by atoms with Crippen LogP contribution in [0.5, 0.6) is 0 Å². The van der Waals surface area contributed by atoms with Crippen molar-refractivity contribution in [3.63, 3.8) is 0 Å². The normalized spacial score (nSPS) is 15.1. The Kier molecular flexibility index (Phi) is 2.75. The molecule has 0 aromatic heterocycles. The average Bonchev–Trinajstić information content (AvgIpc) is 2.76. The predicted octanol–water partition coefficient (Wildman–Crippen LogP) is 6.27. The topological polar surface area (TPSA) is 0 Å². The predicted molar refractivity (Wildman–Crippen MR) is 95.6 cm³/mol. The molecule has 0 saturated carbocycles. The Morgan fingerprint density at radius 1 is 0.864 bits per heavy atom. The monoisotopic (exact) mass is 286 g/mol. The number of rotatable bonds is 1. The molecule has 0 saturated heterocycles. The van der Waals surface area contributed by atoms with Crippen LogP contribution in [0.4, 0.5) is 0 Å². The summed E-state index contributed by atoms with van der Waals surface area (Å²) in [7, 11) is 0. The van der Waals surface area contributed by atoms with Gasteiger partial charge in [-0.1, -0.05) is 82.3 Å². The van der Waals surface area contributed by atoms with Crippen molar-refractivity contribution in [1.82, 2.24) is 0 Å². The second kappa shape index (κ2) is 4.46. The zero-order chi connectivity index (χ0) is 15.5. The lowest BCUT2D eigenvalue weighted by atomic mass is 9.77. The Morgan fingerprint density at radius 3 is 2.32 bits per heavy atom. The molecule has 0 heteroatoms. The molecule has 22 heavy (non-hydrogen) atoms. The Morgan fingerprint density at radius 2 is 1.55 bits per heavy atom. The van der Waals surface area contributed by atoms with E-state index in [0.29, 0.717) is 5.92 Å². The van der Waals surface area contributed by atoms with Gasteiger partial charge in [-0.2, -0.15) is 0 Å². The van der Waals surface area contributed by atoms with Gasteiger partial charge < -0.3 is 0 Å². The molecule has 3 aromatic rings. The van der Waals surface area contributed by atoms with Crippen molar-refractivity contribution < 1.29 is 0 Å². The Labute approximate surface area is 132 Å². The molecule has 110 valence electrons. The van der Waals surface area contributed by atoms with E-state index < -0.39 is 0 Å². The van der Waals surface area contributed by atoms with Crippen LogP contribution < -0.4 is 0 Å². The van der Waals surface area contributed by atoms with Gasteiger partial charge >= 0.3 is 0 Å². The van der Waals surface area contributed by atoms with E-state index in [0.717, 1.165) is 0 Å². The van der Waals surface area contributed by atoms with Gasteiger partial charge in [0.2, 0.25) is 0 Å². The van der Waals surface area contributed by atoms with Crippen molar-refractivity contribution in [3.05, 3.63) is 71.3 Å². The van der Waals surface area contributed by atoms with E-state index in [4.69, 9.17) is 0 Å². The molecule has 0 radical (unpaired) electrons. The molecular weight excluding hydrogens is 264 g/mol. The van der Waals surface area contributed by atoms with Crippen LogP contribution in [0.1, 0.15) is 50.3 Å². The van der Waals surface area contributed by atoms with Gasteiger partial charge in [0.25, 0.3) is 0 Å². The van der Waals surface area contributed by atoms with Crippen LogP contribution in [-0.4, -0.2) is 0 Å². The third-order valence-electron chi connectivity index (χ3n) is 5.20. The van der Waals surface area contributed by atoms with Crippen molar-refractivity contribution in [2.45, 2.75) is 39.0 Å². The van der Waals surface area contributed by atoms with Gasteiger partial charge in [0.15, 0.2) is 0 Å². The molecule has 0 heterocycles. The summed E-state index contributed by atoms with van der Waals surface area (Å²) < 4.78 is 0. The van der Waals surface area contributed by atoms with Gasteiger partial charge in [-0.3, -0.25) is 0 Å². The highest BCUT2D eigenvalue weighted by Gasteiger charge is 2.38. The van der Waals surface area contributed by atoms with Crippen molar-refractivity contribution in [2.24, 2.45) is 0 Å². The van der Waals surface area contributed by atoms with E-state index in [1.54, 1.807) is 0 Å². The fourth-order valence-corrected chi connectivity index (χ4v) is 4.16. The van der Waals surface area contributed by atoms with Crippen LogP contribution in [0.2, 0.25) is 0 Å². The summed E-state index contributed by atoms with van der Waals surface area (Å²) in [6.45, 7) is 9.36. The van der Waals surface area contributed by atoms with Gasteiger partial charge in [-0.15, -0.1) is 0 Å². The summed E-state index contributed by atoms with van der Waals surface area (Å²) in [5.74, 6) is 0.534. The third kappa shape index (κ3) is 1.64. The van der Waals surface area contributed by atoms with Gasteiger partial charge in [0.05, 0.1) is 0 Å². The lowest BCUT2D eigenvalue weighted by Gasteiger charge is -2.26. The van der Waals surface area contributed by atoms with Gasteiger partial charge in [-0.25, -0.2) is 0 Å². The fraction of sp³-hybridized carbons (Fsp3) is 0.273. The molecule has 0 amide bonds. The van der Waals surface area contributed by atoms with E-state index in [1.165, 1.54) is 38.6 Å². The summed E-state index contributed by atoms with van der Waals surface area (Å²) >= 11 is 0. The number of hydrogen-bond acceptors (Lipinski definition) is 0. The second-order valence-electron chi connectivity index (χ2n) is 7.26. The molecule has 1 aliphatic carbocycles. The lowest BCUT2D eigenvalue weighted by molar-refractivity contribution is 0.643. The fourth-order valence-electron chi connectivity index (χ4n) is 4.16. The Bertz CT molecular complexity index is 882.